The maximum absolute atomic E-state index is 13.8. The summed E-state index contributed by atoms with van der Waals surface area (Å²) in [4.78, 5) is 44.2. The van der Waals surface area contributed by atoms with Gasteiger partial charge in [0, 0.05) is 39.4 Å². The van der Waals surface area contributed by atoms with Crippen molar-refractivity contribution in [1.82, 2.24) is 14.0 Å². The molecular formula is C33H40N4O6. The highest BCUT2D eigenvalue weighted by molar-refractivity contribution is 6.00. The highest BCUT2D eigenvalue weighted by Gasteiger charge is 2.47. The molecule has 0 bridgehead atoms. The molecule has 1 saturated carbocycles. The molecule has 3 aliphatic heterocycles. The quantitative estimate of drug-likeness (QED) is 0.414. The van der Waals surface area contributed by atoms with Crippen molar-refractivity contribution < 1.29 is 23.8 Å². The summed E-state index contributed by atoms with van der Waals surface area (Å²) < 4.78 is 20.5. The van der Waals surface area contributed by atoms with E-state index in [9.17, 15) is 14.4 Å². The van der Waals surface area contributed by atoms with Crippen LogP contribution >= 0.6 is 0 Å². The number of nitrogens with zero attached hydrogens (tertiary/aromatic N) is 4. The molecule has 2 amide bonds. The number of hydrogen-bond donors (Lipinski definition) is 0. The summed E-state index contributed by atoms with van der Waals surface area (Å²) in [5.74, 6) is -0.189. The van der Waals surface area contributed by atoms with E-state index in [1.807, 2.05) is 36.4 Å². The zero-order valence-electron chi connectivity index (χ0n) is 25.0. The van der Waals surface area contributed by atoms with Crippen molar-refractivity contribution in [3.8, 4) is 5.75 Å². The smallest absolute Gasteiger partial charge is 0.329 e. The first-order valence-corrected chi connectivity index (χ1v) is 15.5. The Labute approximate surface area is 251 Å². The maximum atomic E-state index is 13.8. The fourth-order valence-electron chi connectivity index (χ4n) is 7.78. The maximum Gasteiger partial charge on any atom is 0.329 e. The van der Waals surface area contributed by atoms with Crippen molar-refractivity contribution >= 4 is 28.5 Å². The molecule has 0 N–H and O–H groups in total. The first kappa shape index (κ1) is 28.2. The molecule has 228 valence electrons. The average molecular weight is 589 g/mol. The molecule has 1 aliphatic carbocycles. The Morgan fingerprint density at radius 2 is 1.60 bits per heavy atom. The third-order valence-electron chi connectivity index (χ3n) is 10.4. The predicted octanol–water partition coefficient (Wildman–Crippen LogP) is 4.14. The second-order valence-corrected chi connectivity index (χ2v) is 12.7. The fourth-order valence-corrected chi connectivity index (χ4v) is 7.78. The van der Waals surface area contributed by atoms with Gasteiger partial charge in [0.25, 0.3) is 5.91 Å². The summed E-state index contributed by atoms with van der Waals surface area (Å²) in [6.07, 6.45) is 6.88. The van der Waals surface area contributed by atoms with Crippen LogP contribution in [0.25, 0.3) is 11.0 Å². The summed E-state index contributed by atoms with van der Waals surface area (Å²) in [6.45, 7) is 3.40. The number of hydrogen-bond acceptors (Lipinski definition) is 7. The van der Waals surface area contributed by atoms with Crippen LogP contribution in [0, 0.1) is 5.41 Å². The third-order valence-corrected chi connectivity index (χ3v) is 10.4. The van der Waals surface area contributed by atoms with Gasteiger partial charge in [-0.25, -0.2) is 4.79 Å². The van der Waals surface area contributed by atoms with Crippen LogP contribution in [0.3, 0.4) is 0 Å². The summed E-state index contributed by atoms with van der Waals surface area (Å²) in [5, 5.41) is 0. The van der Waals surface area contributed by atoms with E-state index in [-0.39, 0.29) is 36.3 Å². The summed E-state index contributed by atoms with van der Waals surface area (Å²) in [5.41, 5.74) is 3.51. The number of imide groups is 1. The number of ether oxygens (including phenoxy) is 3. The summed E-state index contributed by atoms with van der Waals surface area (Å²) in [6, 6.07) is 12.6. The van der Waals surface area contributed by atoms with E-state index in [0.717, 1.165) is 73.9 Å². The van der Waals surface area contributed by atoms with Crippen molar-refractivity contribution in [2.24, 2.45) is 12.5 Å². The van der Waals surface area contributed by atoms with Crippen molar-refractivity contribution in [3.05, 3.63) is 58.5 Å². The number of benzene rings is 2. The molecule has 1 aromatic heterocycles. The van der Waals surface area contributed by atoms with Crippen LogP contribution in [0.2, 0.25) is 0 Å². The van der Waals surface area contributed by atoms with E-state index in [0.29, 0.717) is 30.8 Å². The Morgan fingerprint density at radius 1 is 0.907 bits per heavy atom. The molecule has 2 spiro atoms. The first-order chi connectivity index (χ1) is 20.8. The number of likely N-dealkylation sites (tertiary alicyclic amines) is 1. The number of carbonyl (C=O) groups excluding carboxylic acids is 2. The Bertz CT molecular complexity index is 1580. The zero-order valence-corrected chi connectivity index (χ0v) is 25.0. The number of rotatable bonds is 5. The van der Waals surface area contributed by atoms with Gasteiger partial charge in [-0.1, -0.05) is 18.2 Å². The molecule has 4 heterocycles. The van der Waals surface area contributed by atoms with Crippen molar-refractivity contribution in [2.45, 2.75) is 69.7 Å². The van der Waals surface area contributed by atoms with Gasteiger partial charge in [-0.05, 0) is 67.3 Å². The number of piperidine rings is 2. The number of carbonyl (C=O) groups is 2. The zero-order chi connectivity index (χ0) is 29.8. The van der Waals surface area contributed by atoms with E-state index in [1.54, 1.807) is 23.3 Å². The second-order valence-electron chi connectivity index (χ2n) is 12.7. The highest BCUT2D eigenvalue weighted by Crippen LogP contribution is 2.50. The molecule has 10 heteroatoms. The number of aryl methyl sites for hydroxylation is 1. The lowest BCUT2D eigenvalue weighted by Gasteiger charge is -2.48. The second kappa shape index (κ2) is 10.8. The monoisotopic (exact) mass is 588 g/mol. The number of aromatic nitrogens is 2. The highest BCUT2D eigenvalue weighted by atomic mass is 16.7. The summed E-state index contributed by atoms with van der Waals surface area (Å²) in [7, 11) is 3.38. The molecule has 1 atom stereocenters. The minimum atomic E-state index is -0.735. The van der Waals surface area contributed by atoms with Crippen LogP contribution in [0.5, 0.6) is 5.75 Å². The van der Waals surface area contributed by atoms with E-state index in [1.165, 1.54) is 4.90 Å². The van der Waals surface area contributed by atoms with Crippen LogP contribution in [-0.2, 0) is 32.7 Å². The van der Waals surface area contributed by atoms with Gasteiger partial charge in [0.15, 0.2) is 5.79 Å². The molecule has 3 aromatic rings. The molecule has 0 unspecified atom stereocenters. The topological polar surface area (TPSA) is 95.2 Å². The van der Waals surface area contributed by atoms with E-state index >= 15 is 0 Å². The molecule has 3 saturated heterocycles. The number of amides is 2. The number of fused-ring (bicyclic) bond motifs is 1. The number of imidazole rings is 1. The van der Waals surface area contributed by atoms with Crippen LogP contribution in [0.1, 0.15) is 63.0 Å². The minimum Gasteiger partial charge on any atom is -0.497 e. The molecule has 43 heavy (non-hydrogen) atoms. The van der Waals surface area contributed by atoms with Gasteiger partial charge in [0.1, 0.15) is 11.8 Å². The third kappa shape index (κ3) is 4.84. The van der Waals surface area contributed by atoms with Gasteiger partial charge in [-0.2, -0.15) is 0 Å². The number of methoxy groups -OCH3 is 1. The van der Waals surface area contributed by atoms with Crippen molar-refractivity contribution in [1.29, 1.82) is 0 Å². The molecule has 4 aliphatic rings. The SMILES string of the molecule is COc1ccc(CN2C(=O)CC[C@@H](n3c(=O)n(C)c4c(N5CCC6(CC5)CCC5(CC6)OCCO5)cccc43)C2=O)cc1. The van der Waals surface area contributed by atoms with E-state index in [4.69, 9.17) is 14.2 Å². The van der Waals surface area contributed by atoms with Gasteiger partial charge >= 0.3 is 5.69 Å². The fraction of sp³-hybridized carbons (Fsp3) is 0.545. The molecule has 10 nitrogen and oxygen atoms in total. The largest absolute Gasteiger partial charge is 0.497 e. The van der Waals surface area contributed by atoms with Gasteiger partial charge in [-0.15, -0.1) is 0 Å². The van der Waals surface area contributed by atoms with Crippen molar-refractivity contribution in [2.75, 3.05) is 38.3 Å². The van der Waals surface area contributed by atoms with Crippen LogP contribution in [0.15, 0.2) is 47.3 Å². The lowest BCUT2D eigenvalue weighted by molar-refractivity contribution is -0.193. The lowest BCUT2D eigenvalue weighted by atomic mass is 9.66. The normalized spacial score (nSPS) is 23.5. The Morgan fingerprint density at radius 3 is 2.28 bits per heavy atom. The molecule has 4 fully saturated rings. The number of para-hydroxylation sites is 1. The van der Waals surface area contributed by atoms with E-state index < -0.39 is 6.04 Å². The van der Waals surface area contributed by atoms with Gasteiger partial charge in [-0.3, -0.25) is 23.6 Å². The average Bonchev–Trinajstić information content (AvgIpc) is 3.60. The Balaban J connectivity index is 1.13. The first-order valence-electron chi connectivity index (χ1n) is 15.5. The lowest BCUT2D eigenvalue weighted by Crippen LogP contribution is -2.47. The van der Waals surface area contributed by atoms with Gasteiger partial charge in [0.2, 0.25) is 5.91 Å². The standard InChI is InChI=1S/C33H40N4O6/c1-34-29-25(35-18-16-32(17-19-35)12-14-33(15-13-32)42-20-21-43-33)4-3-5-26(29)37(31(34)40)27-10-11-28(38)36(30(27)39)22-23-6-8-24(41-2)9-7-23/h3-9,27H,10-22H2,1-2H3/t27-/m1/s1. The molecule has 2 aromatic carbocycles. The van der Waals surface area contributed by atoms with Crippen LogP contribution in [-0.4, -0.2) is 65.0 Å². The Hall–Kier alpha value is -3.63. The molecular weight excluding hydrogens is 548 g/mol. The molecule has 7 rings (SSSR count). The summed E-state index contributed by atoms with van der Waals surface area (Å²) >= 11 is 0. The number of anilines is 1. The van der Waals surface area contributed by atoms with Gasteiger partial charge < -0.3 is 19.1 Å². The van der Waals surface area contributed by atoms with Crippen LogP contribution < -0.4 is 15.3 Å². The van der Waals surface area contributed by atoms with Crippen molar-refractivity contribution in [3.63, 3.8) is 0 Å². The van der Waals surface area contributed by atoms with Crippen LogP contribution in [0.4, 0.5) is 5.69 Å². The van der Waals surface area contributed by atoms with E-state index in [2.05, 4.69) is 11.0 Å². The van der Waals surface area contributed by atoms with Gasteiger partial charge in [0.05, 0.1) is 43.6 Å². The minimum absolute atomic E-state index is 0.165. The predicted molar refractivity (Wildman–Crippen MR) is 161 cm³/mol. The Kier molecular flexibility index (Phi) is 7.09. The molecule has 0 radical (unpaired) electrons.